The molecular formula is C30H36N3O3+. The lowest BCUT2D eigenvalue weighted by molar-refractivity contribution is -0.589. The molecule has 0 aromatic heterocycles. The first kappa shape index (κ1) is 25.5. The number of hydrogen-bond donors (Lipinski definition) is 3. The molecular weight excluding hydrogens is 450 g/mol. The topological polar surface area (TPSA) is 84.0 Å². The summed E-state index contributed by atoms with van der Waals surface area (Å²) < 4.78 is 5.18. The molecule has 1 aliphatic carbocycles. The van der Waals surface area contributed by atoms with E-state index in [4.69, 9.17) is 4.74 Å². The van der Waals surface area contributed by atoms with Crippen molar-refractivity contribution in [3.8, 4) is 16.9 Å². The average molecular weight is 487 g/mol. The largest absolute Gasteiger partial charge is 0.497 e. The summed E-state index contributed by atoms with van der Waals surface area (Å²) in [5, 5.41) is 8.01. The minimum absolute atomic E-state index is 0.0623. The Hall–Kier alpha value is -3.64. The highest BCUT2D eigenvalue weighted by Crippen LogP contribution is 2.25. The van der Waals surface area contributed by atoms with Crippen molar-refractivity contribution in [1.29, 1.82) is 0 Å². The summed E-state index contributed by atoms with van der Waals surface area (Å²) in [6.45, 7) is 1.09. The van der Waals surface area contributed by atoms with Gasteiger partial charge >= 0.3 is 5.91 Å². The monoisotopic (exact) mass is 486 g/mol. The normalized spacial score (nSPS) is 14.6. The zero-order valence-corrected chi connectivity index (χ0v) is 20.9. The number of amides is 2. The van der Waals surface area contributed by atoms with E-state index >= 15 is 0 Å². The second-order valence-corrected chi connectivity index (χ2v) is 9.34. The SMILES string of the molecule is COc1ccc(NCCNC(=O)[C@@H]([NH2+]C(=O)c2ccc(-c3ccccc3)cc2)C2CCCCC2)cc1. The van der Waals surface area contributed by atoms with Crippen molar-refractivity contribution < 1.29 is 19.6 Å². The lowest BCUT2D eigenvalue weighted by Crippen LogP contribution is -2.97. The van der Waals surface area contributed by atoms with Crippen LogP contribution in [-0.2, 0) is 4.79 Å². The van der Waals surface area contributed by atoms with Crippen LogP contribution >= 0.6 is 0 Å². The van der Waals surface area contributed by atoms with Crippen LogP contribution in [0.1, 0.15) is 42.5 Å². The Bertz CT molecular complexity index is 1110. The number of rotatable bonds is 10. The van der Waals surface area contributed by atoms with E-state index in [9.17, 15) is 9.59 Å². The Morgan fingerprint density at radius 2 is 1.53 bits per heavy atom. The second-order valence-electron chi connectivity index (χ2n) is 9.34. The standard InChI is InChI=1S/C30H35N3O3/c1-36-27-18-16-26(17-19-27)31-20-21-32-30(35)28(24-10-6-3-7-11-24)33-29(34)25-14-12-23(13-15-25)22-8-4-2-5-9-22/h2,4-5,8-9,12-19,24,28,31H,3,6-7,10-11,20-21H2,1H3,(H,32,35)(H,33,34)/p+1/t28-/m0/s1. The molecule has 1 aliphatic rings. The minimum atomic E-state index is -0.410. The van der Waals surface area contributed by atoms with E-state index in [1.807, 2.05) is 66.7 Å². The predicted octanol–water partition coefficient (Wildman–Crippen LogP) is 4.24. The highest BCUT2D eigenvalue weighted by Gasteiger charge is 2.34. The molecule has 0 radical (unpaired) electrons. The molecule has 4 N–H and O–H groups in total. The Morgan fingerprint density at radius 1 is 0.861 bits per heavy atom. The molecule has 0 bridgehead atoms. The lowest BCUT2D eigenvalue weighted by Gasteiger charge is -2.27. The van der Waals surface area contributed by atoms with Gasteiger partial charge in [0, 0.05) is 24.7 Å². The predicted molar refractivity (Wildman–Crippen MR) is 143 cm³/mol. The maximum atomic E-state index is 13.2. The number of hydrogen-bond acceptors (Lipinski definition) is 4. The van der Waals surface area contributed by atoms with Crippen LogP contribution in [0, 0.1) is 5.92 Å². The summed E-state index contributed by atoms with van der Waals surface area (Å²) in [6, 6.07) is 25.0. The van der Waals surface area contributed by atoms with E-state index < -0.39 is 6.04 Å². The molecule has 0 saturated heterocycles. The van der Waals surface area contributed by atoms with Crippen molar-refractivity contribution in [3.63, 3.8) is 0 Å². The molecule has 2 amide bonds. The fourth-order valence-electron chi connectivity index (χ4n) is 4.86. The molecule has 0 heterocycles. The number of nitrogens with two attached hydrogens (primary N) is 1. The van der Waals surface area contributed by atoms with Crippen molar-refractivity contribution in [2.24, 2.45) is 5.92 Å². The molecule has 1 atom stereocenters. The van der Waals surface area contributed by atoms with Crippen molar-refractivity contribution in [2.75, 3.05) is 25.5 Å². The number of ether oxygens (including phenoxy) is 1. The third-order valence-electron chi connectivity index (χ3n) is 6.91. The van der Waals surface area contributed by atoms with Gasteiger partial charge in [-0.2, -0.15) is 0 Å². The molecule has 36 heavy (non-hydrogen) atoms. The lowest BCUT2D eigenvalue weighted by atomic mass is 9.83. The molecule has 0 unspecified atom stereocenters. The smallest absolute Gasteiger partial charge is 0.343 e. The van der Waals surface area contributed by atoms with Gasteiger partial charge in [0.15, 0.2) is 6.04 Å². The van der Waals surface area contributed by atoms with Gasteiger partial charge in [0.25, 0.3) is 5.91 Å². The number of carbonyl (C=O) groups is 2. The molecule has 3 aromatic rings. The van der Waals surface area contributed by atoms with Gasteiger partial charge < -0.3 is 15.4 Å². The van der Waals surface area contributed by atoms with E-state index in [2.05, 4.69) is 22.8 Å². The van der Waals surface area contributed by atoms with Gasteiger partial charge in [-0.1, -0.05) is 61.7 Å². The zero-order chi connectivity index (χ0) is 25.2. The third kappa shape index (κ3) is 6.95. The summed E-state index contributed by atoms with van der Waals surface area (Å²) in [7, 11) is 1.64. The maximum Gasteiger partial charge on any atom is 0.343 e. The number of carbonyl (C=O) groups excluding carboxylic acids is 2. The number of methoxy groups -OCH3 is 1. The Morgan fingerprint density at radius 3 is 2.19 bits per heavy atom. The second kappa shape index (κ2) is 12.9. The number of benzene rings is 3. The van der Waals surface area contributed by atoms with E-state index in [0.717, 1.165) is 48.2 Å². The zero-order valence-electron chi connectivity index (χ0n) is 20.9. The Kier molecular flexibility index (Phi) is 9.11. The Balaban J connectivity index is 1.35. The first-order valence-electron chi connectivity index (χ1n) is 12.8. The van der Waals surface area contributed by atoms with Gasteiger partial charge in [0.2, 0.25) is 0 Å². The summed E-state index contributed by atoms with van der Waals surface area (Å²) in [5.74, 6) is 0.865. The van der Waals surface area contributed by atoms with Crippen molar-refractivity contribution in [3.05, 3.63) is 84.4 Å². The van der Waals surface area contributed by atoms with Crippen LogP contribution in [0.25, 0.3) is 11.1 Å². The van der Waals surface area contributed by atoms with Crippen LogP contribution in [0.3, 0.4) is 0 Å². The number of quaternary nitrogens is 1. The van der Waals surface area contributed by atoms with E-state index in [1.165, 1.54) is 6.42 Å². The first-order chi connectivity index (χ1) is 17.6. The molecule has 6 nitrogen and oxygen atoms in total. The first-order valence-corrected chi connectivity index (χ1v) is 12.8. The van der Waals surface area contributed by atoms with Crippen LogP contribution in [-0.4, -0.2) is 38.1 Å². The molecule has 4 rings (SSSR count). The van der Waals surface area contributed by atoms with Gasteiger partial charge in [0.05, 0.1) is 12.7 Å². The maximum absolute atomic E-state index is 13.2. The summed E-state index contributed by atoms with van der Waals surface area (Å²) in [4.78, 5) is 26.4. The number of primary amides is 1. The van der Waals surface area contributed by atoms with Crippen LogP contribution in [0.2, 0.25) is 0 Å². The Labute approximate surface area is 213 Å². The van der Waals surface area contributed by atoms with Crippen molar-refractivity contribution >= 4 is 17.5 Å². The highest BCUT2D eigenvalue weighted by molar-refractivity contribution is 5.89. The van der Waals surface area contributed by atoms with Crippen LogP contribution in [0.15, 0.2) is 78.9 Å². The summed E-state index contributed by atoms with van der Waals surface area (Å²) in [6.07, 6.45) is 5.39. The molecule has 188 valence electrons. The van der Waals surface area contributed by atoms with Gasteiger partial charge in [-0.25, -0.2) is 4.79 Å². The van der Waals surface area contributed by atoms with Crippen LogP contribution in [0.5, 0.6) is 5.75 Å². The van der Waals surface area contributed by atoms with Crippen molar-refractivity contribution in [2.45, 2.75) is 38.1 Å². The van der Waals surface area contributed by atoms with Gasteiger partial charge in [-0.3, -0.25) is 10.1 Å². The van der Waals surface area contributed by atoms with E-state index in [0.29, 0.717) is 18.7 Å². The fraction of sp³-hybridized carbons (Fsp3) is 0.333. The number of anilines is 1. The fourth-order valence-corrected chi connectivity index (χ4v) is 4.86. The van der Waals surface area contributed by atoms with Crippen LogP contribution in [0.4, 0.5) is 5.69 Å². The minimum Gasteiger partial charge on any atom is -0.497 e. The molecule has 3 aromatic carbocycles. The van der Waals surface area contributed by atoms with Gasteiger partial charge in [-0.05, 0) is 60.4 Å². The van der Waals surface area contributed by atoms with E-state index in [-0.39, 0.29) is 17.7 Å². The van der Waals surface area contributed by atoms with Gasteiger partial charge in [0.1, 0.15) is 5.75 Å². The highest BCUT2D eigenvalue weighted by atomic mass is 16.5. The molecule has 0 spiro atoms. The molecule has 1 fully saturated rings. The third-order valence-corrected chi connectivity index (χ3v) is 6.91. The number of nitrogens with one attached hydrogen (secondary N) is 2. The molecule has 6 heteroatoms. The molecule has 0 aliphatic heterocycles. The van der Waals surface area contributed by atoms with Crippen molar-refractivity contribution in [1.82, 2.24) is 5.32 Å². The van der Waals surface area contributed by atoms with Crippen LogP contribution < -0.4 is 20.7 Å². The quantitative estimate of drug-likeness (QED) is 0.374. The molecule has 1 saturated carbocycles. The van der Waals surface area contributed by atoms with Gasteiger partial charge in [-0.15, -0.1) is 0 Å². The van der Waals surface area contributed by atoms with E-state index in [1.54, 1.807) is 12.4 Å². The summed E-state index contributed by atoms with van der Waals surface area (Å²) >= 11 is 0. The summed E-state index contributed by atoms with van der Waals surface area (Å²) in [5.41, 5.74) is 3.76. The average Bonchev–Trinajstić information content (AvgIpc) is 2.95.